The number of nitrogens with one attached hydrogen (secondary N) is 2. The van der Waals surface area contributed by atoms with Crippen LogP contribution in [0.2, 0.25) is 0 Å². The van der Waals surface area contributed by atoms with Crippen molar-refractivity contribution in [3.63, 3.8) is 0 Å². The summed E-state index contributed by atoms with van der Waals surface area (Å²) < 4.78 is 7.17. The van der Waals surface area contributed by atoms with E-state index in [2.05, 4.69) is 88.3 Å². The van der Waals surface area contributed by atoms with Gasteiger partial charge in [0.25, 0.3) is 0 Å². The third-order valence-electron chi connectivity index (χ3n) is 5.95. The molecule has 4 rings (SSSR count). The van der Waals surface area contributed by atoms with Crippen LogP contribution < -0.4 is 10.6 Å². The average molecular weight is 575 g/mol. The lowest BCUT2D eigenvalue weighted by Gasteiger charge is -2.25. The zero-order chi connectivity index (χ0) is 22.9. The summed E-state index contributed by atoms with van der Waals surface area (Å²) >= 11 is 0. The van der Waals surface area contributed by atoms with Gasteiger partial charge in [-0.25, -0.2) is 9.67 Å². The largest absolute Gasteiger partial charge is 0.377 e. The molecule has 0 aliphatic carbocycles. The van der Waals surface area contributed by atoms with Crippen molar-refractivity contribution in [2.45, 2.75) is 51.3 Å². The Hall–Kier alpha value is -2.46. The van der Waals surface area contributed by atoms with Crippen molar-refractivity contribution in [1.82, 2.24) is 25.4 Å². The van der Waals surface area contributed by atoms with Gasteiger partial charge in [0.15, 0.2) is 11.8 Å². The van der Waals surface area contributed by atoms with Crippen molar-refractivity contribution >= 4 is 29.9 Å². The highest BCUT2D eigenvalue weighted by Gasteiger charge is 2.22. The van der Waals surface area contributed by atoms with Crippen LogP contribution in [0.25, 0.3) is 0 Å². The van der Waals surface area contributed by atoms with Crippen LogP contribution in [0, 0.1) is 0 Å². The highest BCUT2D eigenvalue weighted by molar-refractivity contribution is 14.0. The maximum Gasteiger partial charge on any atom is 0.191 e. The van der Waals surface area contributed by atoms with E-state index in [4.69, 9.17) is 9.73 Å². The van der Waals surface area contributed by atoms with Crippen LogP contribution >= 0.6 is 24.0 Å². The van der Waals surface area contributed by atoms with E-state index in [9.17, 15) is 0 Å². The summed E-state index contributed by atoms with van der Waals surface area (Å²) in [4.78, 5) is 9.49. The van der Waals surface area contributed by atoms with Crippen LogP contribution in [0.15, 0.2) is 65.7 Å². The Labute approximate surface area is 219 Å². The summed E-state index contributed by atoms with van der Waals surface area (Å²) in [6.07, 6.45) is 2.85. The van der Waals surface area contributed by atoms with Gasteiger partial charge in [0, 0.05) is 38.6 Å². The molecular weight excluding hydrogens is 539 g/mol. The van der Waals surface area contributed by atoms with Crippen LogP contribution in [0.1, 0.15) is 48.5 Å². The molecule has 1 unspecified atom stereocenters. The smallest absolute Gasteiger partial charge is 0.191 e. The van der Waals surface area contributed by atoms with E-state index in [-0.39, 0.29) is 30.0 Å². The normalized spacial score (nSPS) is 15.5. The number of methoxy groups -OCH3 is 1. The van der Waals surface area contributed by atoms with E-state index < -0.39 is 0 Å². The van der Waals surface area contributed by atoms with Gasteiger partial charge in [0.2, 0.25) is 0 Å². The number of fused-ring (bicyclic) bond motifs is 1. The molecule has 0 saturated heterocycles. The fraction of sp³-hybridized carbons (Fsp3) is 0.423. The van der Waals surface area contributed by atoms with Gasteiger partial charge in [0.1, 0.15) is 12.4 Å². The monoisotopic (exact) mass is 574 g/mol. The fourth-order valence-corrected chi connectivity index (χ4v) is 4.38. The van der Waals surface area contributed by atoms with Crippen molar-refractivity contribution in [1.29, 1.82) is 0 Å². The Bertz CT molecular complexity index is 985. The Morgan fingerprint density at radius 1 is 1.12 bits per heavy atom. The van der Waals surface area contributed by atoms with Crippen molar-refractivity contribution in [2.24, 2.45) is 4.99 Å². The number of benzene rings is 2. The lowest BCUT2D eigenvalue weighted by molar-refractivity contribution is 0.177. The number of aryl methyl sites for hydroxylation is 1. The Morgan fingerprint density at radius 3 is 2.41 bits per heavy atom. The van der Waals surface area contributed by atoms with Crippen molar-refractivity contribution in [3.8, 4) is 0 Å². The summed E-state index contributed by atoms with van der Waals surface area (Å²) in [7, 11) is 1.67. The number of hydrogen-bond acceptors (Lipinski definition) is 4. The third kappa shape index (κ3) is 7.02. The second-order valence-electron chi connectivity index (χ2n) is 8.36. The van der Waals surface area contributed by atoms with Gasteiger partial charge in [-0.2, -0.15) is 5.10 Å². The predicted octanol–water partition coefficient (Wildman–Crippen LogP) is 4.13. The Balaban J connectivity index is 0.00000324. The van der Waals surface area contributed by atoms with E-state index in [0.717, 1.165) is 56.5 Å². The molecule has 1 aromatic heterocycles. The minimum atomic E-state index is 0. The van der Waals surface area contributed by atoms with Crippen LogP contribution in [0.5, 0.6) is 0 Å². The molecule has 34 heavy (non-hydrogen) atoms. The third-order valence-corrected chi connectivity index (χ3v) is 5.95. The minimum Gasteiger partial charge on any atom is -0.377 e. The molecule has 8 heteroatoms. The highest BCUT2D eigenvalue weighted by atomic mass is 127. The van der Waals surface area contributed by atoms with Gasteiger partial charge < -0.3 is 15.4 Å². The first-order valence-corrected chi connectivity index (χ1v) is 11.8. The van der Waals surface area contributed by atoms with Crippen LogP contribution in [0.4, 0.5) is 0 Å². The van der Waals surface area contributed by atoms with Gasteiger partial charge in [-0.1, -0.05) is 60.7 Å². The highest BCUT2D eigenvalue weighted by Crippen LogP contribution is 2.27. The maximum atomic E-state index is 5.17. The molecule has 0 spiro atoms. The van der Waals surface area contributed by atoms with Gasteiger partial charge in [-0.15, -0.1) is 24.0 Å². The molecule has 0 saturated carbocycles. The van der Waals surface area contributed by atoms with Gasteiger partial charge >= 0.3 is 0 Å². The van der Waals surface area contributed by atoms with Crippen molar-refractivity contribution in [2.75, 3.05) is 20.2 Å². The SMILES string of the molecule is CCNC(=NCCC(c1ccccc1)c1ccccc1)NC1CCc2nc(COC)nn2C1.I. The topological polar surface area (TPSA) is 76.4 Å². The van der Waals surface area contributed by atoms with Crippen LogP contribution in [0.3, 0.4) is 0 Å². The quantitative estimate of drug-likeness (QED) is 0.229. The number of hydrogen-bond donors (Lipinski definition) is 2. The molecule has 0 bridgehead atoms. The number of aromatic nitrogens is 3. The van der Waals surface area contributed by atoms with E-state index >= 15 is 0 Å². The number of halogens is 1. The molecule has 182 valence electrons. The summed E-state index contributed by atoms with van der Waals surface area (Å²) in [5, 5.41) is 11.6. The first-order valence-electron chi connectivity index (χ1n) is 11.8. The molecule has 1 atom stereocenters. The molecule has 1 aliphatic rings. The summed E-state index contributed by atoms with van der Waals surface area (Å²) in [6, 6.07) is 21.7. The van der Waals surface area contributed by atoms with E-state index in [1.165, 1.54) is 11.1 Å². The Kier molecular flexibility index (Phi) is 10.3. The zero-order valence-corrected chi connectivity index (χ0v) is 22.3. The molecule has 0 amide bonds. The molecule has 0 fully saturated rings. The van der Waals surface area contributed by atoms with Crippen molar-refractivity contribution in [3.05, 3.63) is 83.4 Å². The molecule has 7 nitrogen and oxygen atoms in total. The number of guanidine groups is 1. The second kappa shape index (κ2) is 13.4. The molecule has 2 heterocycles. The van der Waals surface area contributed by atoms with E-state index in [1.807, 2.05) is 4.68 Å². The number of ether oxygens (including phenoxy) is 1. The lowest BCUT2D eigenvalue weighted by atomic mass is 9.89. The van der Waals surface area contributed by atoms with E-state index in [0.29, 0.717) is 12.5 Å². The standard InChI is InChI=1S/C26H34N6O.HI/c1-3-27-26(29-22-14-15-25-30-24(19-33-2)31-32(25)18-22)28-17-16-23(20-10-6-4-7-11-20)21-12-8-5-9-13-21;/h4-13,22-23H,3,14-19H2,1-2H3,(H2,27,28,29);1H. The second-order valence-corrected chi connectivity index (χ2v) is 8.36. The van der Waals surface area contributed by atoms with Crippen LogP contribution in [-0.2, 0) is 24.3 Å². The van der Waals surface area contributed by atoms with Crippen molar-refractivity contribution < 1.29 is 4.74 Å². The first kappa shape index (κ1) is 26.2. The molecule has 3 aromatic rings. The Morgan fingerprint density at radius 2 is 1.79 bits per heavy atom. The average Bonchev–Trinajstić information content (AvgIpc) is 3.25. The molecular formula is C26H35IN6O. The zero-order valence-electron chi connectivity index (χ0n) is 20.0. The number of rotatable bonds is 9. The fourth-order valence-electron chi connectivity index (χ4n) is 4.38. The number of aliphatic imine (C=N–C) groups is 1. The molecule has 2 aromatic carbocycles. The number of nitrogens with zero attached hydrogens (tertiary/aromatic N) is 4. The van der Waals surface area contributed by atoms with Gasteiger partial charge in [-0.3, -0.25) is 4.99 Å². The van der Waals surface area contributed by atoms with Gasteiger partial charge in [-0.05, 0) is 30.9 Å². The minimum absolute atomic E-state index is 0. The summed E-state index contributed by atoms with van der Waals surface area (Å²) in [5.41, 5.74) is 2.66. The summed E-state index contributed by atoms with van der Waals surface area (Å²) in [6.45, 7) is 4.90. The van der Waals surface area contributed by atoms with Gasteiger partial charge in [0.05, 0.1) is 6.54 Å². The van der Waals surface area contributed by atoms with E-state index in [1.54, 1.807) is 7.11 Å². The predicted molar refractivity (Wildman–Crippen MR) is 147 cm³/mol. The molecule has 1 aliphatic heterocycles. The van der Waals surface area contributed by atoms with Crippen LogP contribution in [-0.4, -0.2) is 47.0 Å². The molecule has 0 radical (unpaired) electrons. The maximum absolute atomic E-state index is 5.17. The summed E-state index contributed by atoms with van der Waals surface area (Å²) in [5.74, 6) is 2.98. The first-order chi connectivity index (χ1) is 16.3. The lowest BCUT2D eigenvalue weighted by Crippen LogP contribution is -2.47. The molecule has 2 N–H and O–H groups in total.